The van der Waals surface area contributed by atoms with Crippen molar-refractivity contribution in [2.24, 2.45) is 0 Å². The van der Waals surface area contributed by atoms with E-state index in [-0.39, 0.29) is 5.23 Å². The van der Waals surface area contributed by atoms with Crippen molar-refractivity contribution in [1.29, 1.82) is 0 Å². The lowest BCUT2D eigenvalue weighted by Gasteiger charge is -2.33. The number of ether oxygens (including phenoxy) is 1. The van der Waals surface area contributed by atoms with Crippen LogP contribution in [0.2, 0.25) is 0 Å². The molecule has 0 aromatic rings. The Labute approximate surface area is 65.2 Å². The lowest BCUT2D eigenvalue weighted by atomic mass is 10.0. The van der Waals surface area contributed by atoms with Gasteiger partial charge in [0.25, 0.3) is 0 Å². The molecule has 0 radical (unpaired) electrons. The second kappa shape index (κ2) is 3.04. The average molecular weight is 157 g/mol. The van der Waals surface area contributed by atoms with Crippen LogP contribution in [0.1, 0.15) is 6.92 Å². The fourth-order valence-electron chi connectivity index (χ4n) is 0.818. The third kappa shape index (κ3) is 1.59. The Balaban J connectivity index is 2.71. The normalized spacial score (nSPS) is 22.8. The van der Waals surface area contributed by atoms with Gasteiger partial charge in [-0.05, 0) is 0 Å². The Morgan fingerprint density at radius 1 is 1.45 bits per heavy atom. The highest BCUT2D eigenvalue weighted by atomic mass is 16.9. The molecule has 1 atom stereocenters. The maximum Gasteiger partial charge on any atom is 0.168 e. The summed E-state index contributed by atoms with van der Waals surface area (Å²) in [6, 6.07) is 0. The first-order valence-electron chi connectivity index (χ1n) is 3.28. The summed E-state index contributed by atoms with van der Waals surface area (Å²) in [5.74, 6) is 0. The minimum absolute atomic E-state index is 0.284. The van der Waals surface area contributed by atoms with Crippen LogP contribution in [0.4, 0.5) is 0 Å². The van der Waals surface area contributed by atoms with Gasteiger partial charge in [0.15, 0.2) is 5.54 Å². The van der Waals surface area contributed by atoms with Crippen LogP contribution in [0.15, 0.2) is 24.7 Å². The van der Waals surface area contributed by atoms with Crippen LogP contribution in [0, 0.1) is 5.21 Å². The van der Waals surface area contributed by atoms with Gasteiger partial charge in [0.2, 0.25) is 0 Å². The van der Waals surface area contributed by atoms with E-state index in [9.17, 15) is 5.21 Å². The Morgan fingerprint density at radius 2 is 2.00 bits per heavy atom. The molecule has 4 heteroatoms. The molecule has 62 valence electrons. The van der Waals surface area contributed by atoms with Gasteiger partial charge in [0, 0.05) is 19.1 Å². The van der Waals surface area contributed by atoms with Crippen molar-refractivity contribution >= 4 is 0 Å². The number of hydrogen-bond acceptors (Lipinski definition) is 3. The molecule has 1 unspecified atom stereocenters. The van der Waals surface area contributed by atoms with Crippen LogP contribution in [0.25, 0.3) is 0 Å². The molecule has 1 N–H and O–H groups in total. The third-order valence-corrected chi connectivity index (χ3v) is 1.61. The molecule has 0 bridgehead atoms. The van der Waals surface area contributed by atoms with Crippen molar-refractivity contribution in [2.45, 2.75) is 12.5 Å². The quantitative estimate of drug-likeness (QED) is 0.562. The molecule has 1 rings (SSSR count). The van der Waals surface area contributed by atoms with Crippen molar-refractivity contribution < 1.29 is 14.8 Å². The lowest BCUT2D eigenvalue weighted by molar-refractivity contribution is -1.08. The van der Waals surface area contributed by atoms with Crippen molar-refractivity contribution in [1.82, 2.24) is 0 Å². The molecule has 11 heavy (non-hydrogen) atoms. The highest BCUT2D eigenvalue weighted by Crippen LogP contribution is 2.08. The zero-order chi connectivity index (χ0) is 8.32. The fourth-order valence-corrected chi connectivity index (χ4v) is 0.818. The van der Waals surface area contributed by atoms with Crippen LogP contribution < -0.4 is 5.23 Å². The highest BCUT2D eigenvalue weighted by molar-refractivity contribution is 5.11. The monoisotopic (exact) mass is 157 g/mol. The van der Waals surface area contributed by atoms with Crippen molar-refractivity contribution in [3.63, 3.8) is 0 Å². The number of nitrogens with one attached hydrogen (secondary N) is 1. The summed E-state index contributed by atoms with van der Waals surface area (Å²) in [6.45, 7) is 1.76. The Hall–Kier alpha value is -0.840. The van der Waals surface area contributed by atoms with Gasteiger partial charge < -0.3 is 9.94 Å². The second-order valence-corrected chi connectivity index (χ2v) is 2.52. The molecule has 1 aliphatic heterocycles. The minimum atomic E-state index is -0.660. The molecular weight excluding hydrogens is 146 g/mol. The van der Waals surface area contributed by atoms with E-state index < -0.39 is 5.54 Å². The first kappa shape index (κ1) is 8.26. The van der Waals surface area contributed by atoms with Crippen molar-refractivity contribution in [3.05, 3.63) is 29.9 Å². The Morgan fingerprint density at radius 3 is 2.45 bits per heavy atom. The molecule has 0 aromatic heterocycles. The van der Waals surface area contributed by atoms with E-state index in [1.807, 2.05) is 0 Å². The lowest BCUT2D eigenvalue weighted by Crippen LogP contribution is -3.14. The molecule has 0 spiro atoms. The summed E-state index contributed by atoms with van der Waals surface area (Å²) in [5, 5.41) is 10.8. The SMILES string of the molecule is CO[NH+]([O-])C1(C)C=COC=C1. The Kier molecular flexibility index (Phi) is 2.28. The van der Waals surface area contributed by atoms with E-state index in [2.05, 4.69) is 4.84 Å². The molecule has 0 amide bonds. The van der Waals surface area contributed by atoms with E-state index in [1.54, 1.807) is 19.1 Å². The topological polar surface area (TPSA) is 46.0 Å². The molecule has 1 aliphatic rings. The summed E-state index contributed by atoms with van der Waals surface area (Å²) in [5.41, 5.74) is -0.660. The highest BCUT2D eigenvalue weighted by Gasteiger charge is 2.27. The van der Waals surface area contributed by atoms with Gasteiger partial charge in [0.1, 0.15) is 0 Å². The van der Waals surface area contributed by atoms with Crippen LogP contribution in [0.3, 0.4) is 0 Å². The van der Waals surface area contributed by atoms with Gasteiger partial charge in [-0.25, -0.2) is 10.1 Å². The maximum absolute atomic E-state index is 11.1. The number of hydrogen-bond donors (Lipinski definition) is 1. The Bertz CT molecular complexity index is 176. The van der Waals surface area contributed by atoms with E-state index in [0.29, 0.717) is 0 Å². The predicted octanol–water partition coefficient (Wildman–Crippen LogP) is -0.253. The van der Waals surface area contributed by atoms with Gasteiger partial charge in [-0.3, -0.25) is 0 Å². The first-order chi connectivity index (χ1) is 5.19. The van der Waals surface area contributed by atoms with Gasteiger partial charge in [-0.2, -0.15) is 0 Å². The van der Waals surface area contributed by atoms with Crippen LogP contribution in [0.5, 0.6) is 0 Å². The molecule has 0 saturated carbocycles. The zero-order valence-corrected chi connectivity index (χ0v) is 6.53. The summed E-state index contributed by atoms with van der Waals surface area (Å²) in [7, 11) is 1.37. The third-order valence-electron chi connectivity index (χ3n) is 1.61. The summed E-state index contributed by atoms with van der Waals surface area (Å²) < 4.78 is 4.79. The molecule has 0 aliphatic carbocycles. The predicted molar refractivity (Wildman–Crippen MR) is 39.1 cm³/mol. The molecule has 1 heterocycles. The summed E-state index contributed by atoms with van der Waals surface area (Å²) in [6.07, 6.45) is 6.24. The van der Waals surface area contributed by atoms with Gasteiger partial charge in [-0.15, -0.1) is 0 Å². The van der Waals surface area contributed by atoms with Crippen molar-refractivity contribution in [2.75, 3.05) is 7.11 Å². The van der Waals surface area contributed by atoms with E-state index in [1.165, 1.54) is 19.6 Å². The molecule has 0 aromatic carbocycles. The number of rotatable bonds is 2. The van der Waals surface area contributed by atoms with E-state index in [4.69, 9.17) is 4.74 Å². The van der Waals surface area contributed by atoms with Gasteiger partial charge in [0.05, 0.1) is 19.6 Å². The van der Waals surface area contributed by atoms with Crippen molar-refractivity contribution in [3.8, 4) is 0 Å². The smallest absolute Gasteiger partial charge is 0.168 e. The fraction of sp³-hybridized carbons (Fsp3) is 0.429. The standard InChI is InChI=1S/C7H11NO3/c1-7(8(9)10-2)3-5-11-6-4-7/h3-6,8H,1-2H3. The molecular formula is C7H11NO3. The van der Waals surface area contributed by atoms with Crippen LogP contribution in [-0.2, 0) is 9.57 Å². The minimum Gasteiger partial charge on any atom is -0.599 e. The van der Waals surface area contributed by atoms with Gasteiger partial charge >= 0.3 is 0 Å². The van der Waals surface area contributed by atoms with Crippen LogP contribution in [-0.4, -0.2) is 12.6 Å². The average Bonchev–Trinajstić information content (AvgIpc) is 2.04. The first-order valence-corrected chi connectivity index (χ1v) is 3.28. The largest absolute Gasteiger partial charge is 0.599 e. The zero-order valence-electron chi connectivity index (χ0n) is 6.53. The molecule has 0 fully saturated rings. The number of quaternary nitrogens is 1. The molecule has 0 saturated heterocycles. The maximum atomic E-state index is 11.1. The van der Waals surface area contributed by atoms with E-state index >= 15 is 0 Å². The summed E-state index contributed by atoms with van der Waals surface area (Å²) >= 11 is 0. The van der Waals surface area contributed by atoms with Gasteiger partial charge in [-0.1, -0.05) is 0 Å². The van der Waals surface area contributed by atoms with E-state index in [0.717, 1.165) is 0 Å². The second-order valence-electron chi connectivity index (χ2n) is 2.52. The molecule has 4 nitrogen and oxygen atoms in total. The number of hydroxylamine groups is 2. The van der Waals surface area contributed by atoms with Crippen LogP contribution >= 0.6 is 0 Å². The summed E-state index contributed by atoms with van der Waals surface area (Å²) in [4.78, 5) is 4.60.